The van der Waals surface area contributed by atoms with Crippen molar-refractivity contribution in [3.05, 3.63) is 29.3 Å². The molecule has 3 aliphatic rings. The molecule has 4 nitrogen and oxygen atoms in total. The number of benzene rings is 1. The molecule has 0 radical (unpaired) electrons. The summed E-state index contributed by atoms with van der Waals surface area (Å²) in [6.07, 6.45) is 6.24. The Morgan fingerprint density at radius 2 is 2.24 bits per heavy atom. The molecule has 1 heterocycles. The highest BCUT2D eigenvalue weighted by Gasteiger charge is 2.58. The van der Waals surface area contributed by atoms with Gasteiger partial charge in [-0.25, -0.2) is 0 Å². The minimum atomic E-state index is 0.0571. The quantitative estimate of drug-likeness (QED) is 0.896. The molecule has 2 atom stereocenters. The van der Waals surface area contributed by atoms with E-state index in [9.17, 15) is 4.79 Å². The summed E-state index contributed by atoms with van der Waals surface area (Å²) < 4.78 is 5.64. The predicted octanol–water partition coefficient (Wildman–Crippen LogP) is 2.34. The van der Waals surface area contributed by atoms with Crippen LogP contribution >= 0.6 is 0 Å². The van der Waals surface area contributed by atoms with Crippen molar-refractivity contribution in [1.29, 1.82) is 0 Å². The average molecular weight is 286 g/mol. The molecule has 1 amide bonds. The van der Waals surface area contributed by atoms with Crippen LogP contribution in [0.5, 0.6) is 0 Å². The first-order chi connectivity index (χ1) is 10.2. The molecule has 0 bridgehead atoms. The number of hydrogen-bond donors (Lipinski definition) is 2. The molecular formula is C17H22N2O2. The van der Waals surface area contributed by atoms with Crippen molar-refractivity contribution in [3.8, 4) is 0 Å². The zero-order chi connectivity index (χ0) is 14.4. The van der Waals surface area contributed by atoms with Crippen LogP contribution in [0.2, 0.25) is 0 Å². The number of carbonyl (C=O) groups excluding carboxylic acids is 1. The molecule has 2 unspecified atom stereocenters. The van der Waals surface area contributed by atoms with Crippen molar-refractivity contribution in [2.45, 2.75) is 44.2 Å². The highest BCUT2D eigenvalue weighted by atomic mass is 16.5. The Morgan fingerprint density at radius 3 is 2.95 bits per heavy atom. The van der Waals surface area contributed by atoms with Crippen LogP contribution in [0.1, 0.15) is 41.6 Å². The normalized spacial score (nSPS) is 29.1. The number of carbonyl (C=O) groups is 1. The fourth-order valence-electron chi connectivity index (χ4n) is 4.32. The van der Waals surface area contributed by atoms with Gasteiger partial charge < -0.3 is 15.4 Å². The predicted molar refractivity (Wildman–Crippen MR) is 81.6 cm³/mol. The maximum absolute atomic E-state index is 11.9. The number of amides is 1. The Morgan fingerprint density at radius 1 is 1.38 bits per heavy atom. The molecule has 1 spiro atoms. The third-order valence-electron chi connectivity index (χ3n) is 5.76. The van der Waals surface area contributed by atoms with Crippen molar-refractivity contribution >= 4 is 11.6 Å². The third kappa shape index (κ3) is 1.81. The second kappa shape index (κ2) is 4.73. The smallest absolute Gasteiger partial charge is 0.251 e. The minimum absolute atomic E-state index is 0.0571. The van der Waals surface area contributed by atoms with Gasteiger partial charge in [0.1, 0.15) is 0 Å². The van der Waals surface area contributed by atoms with Gasteiger partial charge in [-0.15, -0.1) is 0 Å². The fraction of sp³-hybridized carbons (Fsp3) is 0.588. The van der Waals surface area contributed by atoms with Gasteiger partial charge in [0, 0.05) is 36.4 Å². The van der Waals surface area contributed by atoms with Crippen molar-refractivity contribution in [2.75, 3.05) is 19.0 Å². The fourth-order valence-corrected chi connectivity index (χ4v) is 4.32. The van der Waals surface area contributed by atoms with Gasteiger partial charge in [-0.05, 0) is 43.4 Å². The summed E-state index contributed by atoms with van der Waals surface area (Å²) in [7, 11) is 1.83. The lowest BCUT2D eigenvalue weighted by atomic mass is 9.51. The van der Waals surface area contributed by atoms with Gasteiger partial charge in [0.15, 0.2) is 0 Å². The van der Waals surface area contributed by atoms with Crippen LogP contribution in [0.3, 0.4) is 0 Å². The number of rotatable bonds is 3. The molecule has 1 aromatic rings. The number of fused-ring (bicyclic) bond motifs is 1. The summed E-state index contributed by atoms with van der Waals surface area (Å²) in [6, 6.07) is 6.51. The van der Waals surface area contributed by atoms with Gasteiger partial charge in [-0.1, -0.05) is 12.5 Å². The van der Waals surface area contributed by atoms with Gasteiger partial charge in [0.05, 0.1) is 6.10 Å². The Kier molecular flexibility index (Phi) is 2.96. The van der Waals surface area contributed by atoms with E-state index in [2.05, 4.69) is 16.7 Å². The topological polar surface area (TPSA) is 50.4 Å². The number of nitrogens with one attached hydrogen (secondary N) is 2. The molecule has 0 saturated heterocycles. The number of hydrogen-bond acceptors (Lipinski definition) is 3. The van der Waals surface area contributed by atoms with E-state index < -0.39 is 0 Å². The summed E-state index contributed by atoms with van der Waals surface area (Å²) in [5.41, 5.74) is 3.50. The van der Waals surface area contributed by atoms with E-state index in [1.807, 2.05) is 19.2 Å². The van der Waals surface area contributed by atoms with Crippen LogP contribution in [-0.2, 0) is 11.2 Å². The lowest BCUT2D eigenvalue weighted by Gasteiger charge is -2.61. The summed E-state index contributed by atoms with van der Waals surface area (Å²) in [5, 5.41) is 6.64. The summed E-state index contributed by atoms with van der Waals surface area (Å²) in [6.45, 7) is 0.737. The Hall–Kier alpha value is -1.55. The average Bonchev–Trinajstić information content (AvgIpc) is 2.42. The Labute approximate surface area is 125 Å². The van der Waals surface area contributed by atoms with E-state index in [1.54, 1.807) is 0 Å². The number of anilines is 1. The summed E-state index contributed by atoms with van der Waals surface area (Å²) in [5.74, 6) is 0.0571. The first-order valence-electron chi connectivity index (χ1n) is 7.94. The SMILES string of the molecule is COC1CC(Nc2cccc3c2CCNC3=O)C12CCC2. The molecule has 4 rings (SSSR count). The zero-order valence-electron chi connectivity index (χ0n) is 12.4. The van der Waals surface area contributed by atoms with E-state index in [0.717, 1.165) is 30.6 Å². The molecule has 2 fully saturated rings. The Bertz CT molecular complexity index is 580. The lowest BCUT2D eigenvalue weighted by molar-refractivity contribution is -0.145. The second-order valence-corrected chi connectivity index (χ2v) is 6.58. The van der Waals surface area contributed by atoms with Crippen molar-refractivity contribution in [1.82, 2.24) is 5.32 Å². The minimum Gasteiger partial charge on any atom is -0.381 e. The van der Waals surface area contributed by atoms with Gasteiger partial charge >= 0.3 is 0 Å². The standard InChI is InChI=1S/C17H22N2O2/c1-21-15-10-14(17(15)7-3-8-17)19-13-5-2-4-12-11(13)6-9-18-16(12)20/h2,4-5,14-15,19H,3,6-10H2,1H3,(H,18,20). The third-order valence-corrected chi connectivity index (χ3v) is 5.76. The zero-order valence-corrected chi connectivity index (χ0v) is 12.4. The summed E-state index contributed by atoms with van der Waals surface area (Å²) >= 11 is 0. The van der Waals surface area contributed by atoms with E-state index in [-0.39, 0.29) is 5.91 Å². The van der Waals surface area contributed by atoms with Gasteiger partial charge in [-0.2, -0.15) is 0 Å². The number of methoxy groups -OCH3 is 1. The molecule has 2 aliphatic carbocycles. The molecule has 21 heavy (non-hydrogen) atoms. The highest BCUT2D eigenvalue weighted by Crippen LogP contribution is 2.58. The van der Waals surface area contributed by atoms with Crippen LogP contribution in [0.4, 0.5) is 5.69 Å². The van der Waals surface area contributed by atoms with Crippen LogP contribution in [-0.4, -0.2) is 31.7 Å². The second-order valence-electron chi connectivity index (χ2n) is 6.58. The molecule has 2 N–H and O–H groups in total. The molecule has 1 aromatic carbocycles. The largest absolute Gasteiger partial charge is 0.381 e. The van der Waals surface area contributed by atoms with Crippen LogP contribution in [0.15, 0.2) is 18.2 Å². The molecule has 1 aliphatic heterocycles. The van der Waals surface area contributed by atoms with E-state index >= 15 is 0 Å². The van der Waals surface area contributed by atoms with Crippen LogP contribution < -0.4 is 10.6 Å². The van der Waals surface area contributed by atoms with E-state index in [1.165, 1.54) is 24.8 Å². The number of ether oxygens (including phenoxy) is 1. The van der Waals surface area contributed by atoms with Gasteiger partial charge in [0.25, 0.3) is 5.91 Å². The Balaban J connectivity index is 1.59. The molecule has 0 aromatic heterocycles. The molecule has 2 saturated carbocycles. The van der Waals surface area contributed by atoms with E-state index in [4.69, 9.17) is 4.74 Å². The maximum Gasteiger partial charge on any atom is 0.251 e. The van der Waals surface area contributed by atoms with Gasteiger partial charge in [-0.3, -0.25) is 4.79 Å². The van der Waals surface area contributed by atoms with Gasteiger partial charge in [0.2, 0.25) is 0 Å². The molecular weight excluding hydrogens is 264 g/mol. The monoisotopic (exact) mass is 286 g/mol. The van der Waals surface area contributed by atoms with Crippen molar-refractivity contribution in [2.24, 2.45) is 5.41 Å². The first kappa shape index (κ1) is 13.1. The molecule has 112 valence electrons. The summed E-state index contributed by atoms with van der Waals surface area (Å²) in [4.78, 5) is 11.9. The van der Waals surface area contributed by atoms with E-state index in [0.29, 0.717) is 17.6 Å². The lowest BCUT2D eigenvalue weighted by Crippen LogP contribution is -2.64. The van der Waals surface area contributed by atoms with Crippen molar-refractivity contribution < 1.29 is 9.53 Å². The highest BCUT2D eigenvalue weighted by molar-refractivity contribution is 5.98. The first-order valence-corrected chi connectivity index (χ1v) is 7.94. The maximum atomic E-state index is 11.9. The van der Waals surface area contributed by atoms with Crippen LogP contribution in [0, 0.1) is 5.41 Å². The van der Waals surface area contributed by atoms with Crippen LogP contribution in [0.25, 0.3) is 0 Å². The van der Waals surface area contributed by atoms with Crippen molar-refractivity contribution in [3.63, 3.8) is 0 Å². The molecule has 4 heteroatoms.